The van der Waals surface area contributed by atoms with Crippen molar-refractivity contribution in [1.82, 2.24) is 0 Å². The van der Waals surface area contributed by atoms with Gasteiger partial charge in [-0.05, 0) is 31.1 Å². The molecular formula is C7H14N2. The van der Waals surface area contributed by atoms with Crippen molar-refractivity contribution in [2.75, 3.05) is 0 Å². The zero-order valence-electron chi connectivity index (χ0n) is 5.59. The molecule has 2 aliphatic carbocycles. The van der Waals surface area contributed by atoms with Crippen molar-refractivity contribution >= 4 is 0 Å². The van der Waals surface area contributed by atoms with Crippen molar-refractivity contribution < 1.29 is 0 Å². The van der Waals surface area contributed by atoms with E-state index in [1.54, 1.807) is 0 Å². The molecule has 0 aromatic heterocycles. The molecule has 0 aromatic rings. The van der Waals surface area contributed by atoms with Crippen LogP contribution in [0.4, 0.5) is 0 Å². The van der Waals surface area contributed by atoms with E-state index < -0.39 is 0 Å². The summed E-state index contributed by atoms with van der Waals surface area (Å²) < 4.78 is 0. The van der Waals surface area contributed by atoms with E-state index in [1.807, 2.05) is 0 Å². The van der Waals surface area contributed by atoms with E-state index in [0.29, 0.717) is 18.0 Å². The predicted molar refractivity (Wildman–Crippen MR) is 36.8 cm³/mol. The van der Waals surface area contributed by atoms with Crippen molar-refractivity contribution in [2.45, 2.75) is 31.3 Å². The number of fused-ring (bicyclic) bond motifs is 2. The second kappa shape index (κ2) is 1.70. The van der Waals surface area contributed by atoms with Crippen molar-refractivity contribution in [3.8, 4) is 0 Å². The fourth-order valence-electron chi connectivity index (χ4n) is 2.44. The standard InChI is InChI=1S/C7H14N2/c8-6-3-4-1-2-5(6)7(4)9/h4-7H,1-3,8-9H2. The molecule has 0 radical (unpaired) electrons. The molecule has 9 heavy (non-hydrogen) atoms. The van der Waals surface area contributed by atoms with Gasteiger partial charge in [-0.25, -0.2) is 0 Å². The summed E-state index contributed by atoms with van der Waals surface area (Å²) in [7, 11) is 0. The molecule has 0 saturated heterocycles. The van der Waals surface area contributed by atoms with Crippen LogP contribution in [0.1, 0.15) is 19.3 Å². The monoisotopic (exact) mass is 126 g/mol. The minimum absolute atomic E-state index is 0.429. The predicted octanol–water partition coefficient (Wildman–Crippen LogP) is 0.0709. The summed E-state index contributed by atoms with van der Waals surface area (Å²) in [5.41, 5.74) is 11.7. The number of hydrogen-bond donors (Lipinski definition) is 2. The zero-order chi connectivity index (χ0) is 6.43. The van der Waals surface area contributed by atoms with Gasteiger partial charge in [0.05, 0.1) is 0 Å². The van der Waals surface area contributed by atoms with Crippen molar-refractivity contribution in [3.05, 3.63) is 0 Å². The average molecular weight is 126 g/mol. The van der Waals surface area contributed by atoms with Crippen LogP contribution >= 0.6 is 0 Å². The Morgan fingerprint density at radius 1 is 1.11 bits per heavy atom. The molecule has 2 rings (SSSR count). The van der Waals surface area contributed by atoms with Gasteiger partial charge in [0.1, 0.15) is 0 Å². The summed E-state index contributed by atoms with van der Waals surface area (Å²) >= 11 is 0. The molecule has 4 atom stereocenters. The SMILES string of the molecule is NC1CC2CCC1C2N. The minimum Gasteiger partial charge on any atom is -0.327 e. The van der Waals surface area contributed by atoms with Gasteiger partial charge in [-0.1, -0.05) is 0 Å². The molecule has 4 unspecified atom stereocenters. The van der Waals surface area contributed by atoms with Gasteiger partial charge < -0.3 is 11.5 Å². The van der Waals surface area contributed by atoms with Crippen LogP contribution in [0, 0.1) is 11.8 Å². The van der Waals surface area contributed by atoms with E-state index in [1.165, 1.54) is 19.3 Å². The van der Waals surface area contributed by atoms with E-state index >= 15 is 0 Å². The van der Waals surface area contributed by atoms with Crippen LogP contribution in [-0.4, -0.2) is 12.1 Å². The third-order valence-corrected chi connectivity index (χ3v) is 3.03. The molecule has 0 amide bonds. The molecule has 0 aliphatic heterocycles. The third kappa shape index (κ3) is 0.634. The van der Waals surface area contributed by atoms with Gasteiger partial charge in [0, 0.05) is 12.1 Å². The third-order valence-electron chi connectivity index (χ3n) is 3.03. The first kappa shape index (κ1) is 5.69. The molecule has 4 N–H and O–H groups in total. The van der Waals surface area contributed by atoms with Gasteiger partial charge in [-0.3, -0.25) is 0 Å². The van der Waals surface area contributed by atoms with Crippen LogP contribution in [0.5, 0.6) is 0 Å². The highest BCUT2D eigenvalue weighted by Crippen LogP contribution is 2.42. The second-order valence-corrected chi connectivity index (χ2v) is 3.48. The van der Waals surface area contributed by atoms with Gasteiger partial charge in [-0.15, -0.1) is 0 Å². The zero-order valence-corrected chi connectivity index (χ0v) is 5.59. The highest BCUT2D eigenvalue weighted by atomic mass is 14.8. The summed E-state index contributed by atoms with van der Waals surface area (Å²) in [6.45, 7) is 0. The normalized spacial score (nSPS) is 56.7. The molecule has 2 aliphatic rings. The Morgan fingerprint density at radius 2 is 1.89 bits per heavy atom. The Kier molecular flexibility index (Phi) is 1.08. The molecule has 2 bridgehead atoms. The van der Waals surface area contributed by atoms with Crippen LogP contribution in [0.15, 0.2) is 0 Å². The average Bonchev–Trinajstić information content (AvgIpc) is 2.25. The van der Waals surface area contributed by atoms with Crippen molar-refractivity contribution in [1.29, 1.82) is 0 Å². The minimum atomic E-state index is 0.429. The van der Waals surface area contributed by atoms with Crippen LogP contribution in [0.2, 0.25) is 0 Å². The summed E-state index contributed by atoms with van der Waals surface area (Å²) in [4.78, 5) is 0. The molecular weight excluding hydrogens is 112 g/mol. The maximum atomic E-state index is 5.89. The number of nitrogens with two attached hydrogens (primary N) is 2. The largest absolute Gasteiger partial charge is 0.327 e. The molecule has 52 valence electrons. The molecule has 2 heteroatoms. The Bertz CT molecular complexity index is 124. The molecule has 0 spiro atoms. The van der Waals surface area contributed by atoms with E-state index in [2.05, 4.69) is 0 Å². The lowest BCUT2D eigenvalue weighted by atomic mass is 9.96. The van der Waals surface area contributed by atoms with Crippen LogP contribution in [0.3, 0.4) is 0 Å². The van der Waals surface area contributed by atoms with Crippen LogP contribution in [-0.2, 0) is 0 Å². The molecule has 2 fully saturated rings. The lowest BCUT2D eigenvalue weighted by Gasteiger charge is -2.15. The summed E-state index contributed by atoms with van der Waals surface area (Å²) in [5.74, 6) is 1.43. The molecule has 2 nitrogen and oxygen atoms in total. The molecule has 0 aromatic carbocycles. The Balaban J connectivity index is 2.16. The van der Waals surface area contributed by atoms with Gasteiger partial charge in [0.15, 0.2) is 0 Å². The quantitative estimate of drug-likeness (QED) is 0.482. The van der Waals surface area contributed by atoms with Gasteiger partial charge in [0.2, 0.25) is 0 Å². The summed E-state index contributed by atoms with van der Waals surface area (Å²) in [5, 5.41) is 0. The number of hydrogen-bond acceptors (Lipinski definition) is 2. The lowest BCUT2D eigenvalue weighted by molar-refractivity contribution is 0.416. The van der Waals surface area contributed by atoms with Crippen molar-refractivity contribution in [2.24, 2.45) is 23.3 Å². The smallest absolute Gasteiger partial charge is 0.0111 e. The highest BCUT2D eigenvalue weighted by Gasteiger charge is 2.44. The fraction of sp³-hybridized carbons (Fsp3) is 1.00. The Hall–Kier alpha value is -0.0800. The van der Waals surface area contributed by atoms with Crippen molar-refractivity contribution in [3.63, 3.8) is 0 Å². The maximum Gasteiger partial charge on any atom is 0.0111 e. The summed E-state index contributed by atoms with van der Waals surface area (Å²) in [6.07, 6.45) is 3.80. The topological polar surface area (TPSA) is 52.0 Å². The summed E-state index contributed by atoms with van der Waals surface area (Å²) in [6, 6.07) is 0.874. The van der Waals surface area contributed by atoms with E-state index in [-0.39, 0.29) is 0 Å². The number of rotatable bonds is 0. The first-order valence-electron chi connectivity index (χ1n) is 3.80. The first-order chi connectivity index (χ1) is 4.29. The second-order valence-electron chi connectivity index (χ2n) is 3.48. The van der Waals surface area contributed by atoms with E-state index in [4.69, 9.17) is 11.5 Å². The van der Waals surface area contributed by atoms with E-state index in [0.717, 1.165) is 5.92 Å². The van der Waals surface area contributed by atoms with Crippen LogP contribution in [0.25, 0.3) is 0 Å². The molecule has 2 saturated carbocycles. The van der Waals surface area contributed by atoms with Gasteiger partial charge >= 0.3 is 0 Å². The molecule has 0 heterocycles. The highest BCUT2D eigenvalue weighted by molar-refractivity contribution is 5.01. The first-order valence-corrected chi connectivity index (χ1v) is 3.80. The maximum absolute atomic E-state index is 5.89. The Morgan fingerprint density at radius 3 is 2.11 bits per heavy atom. The lowest BCUT2D eigenvalue weighted by Crippen LogP contribution is -2.32. The van der Waals surface area contributed by atoms with Crippen LogP contribution < -0.4 is 11.5 Å². The van der Waals surface area contributed by atoms with Gasteiger partial charge in [-0.2, -0.15) is 0 Å². The van der Waals surface area contributed by atoms with Gasteiger partial charge in [0.25, 0.3) is 0 Å². The fourth-order valence-corrected chi connectivity index (χ4v) is 2.44. The van der Waals surface area contributed by atoms with E-state index in [9.17, 15) is 0 Å². The Labute approximate surface area is 55.6 Å².